The zero-order valence-corrected chi connectivity index (χ0v) is 17.3. The molecule has 2 fully saturated rings. The maximum atomic E-state index is 12.5. The second kappa shape index (κ2) is 9.18. The summed E-state index contributed by atoms with van der Waals surface area (Å²) in [7, 11) is 0. The van der Waals surface area contributed by atoms with Crippen molar-refractivity contribution in [2.24, 2.45) is 0 Å². The van der Waals surface area contributed by atoms with Crippen LogP contribution in [-0.4, -0.2) is 46.1 Å². The molecule has 4 rings (SSSR count). The van der Waals surface area contributed by atoms with Crippen LogP contribution in [0, 0.1) is 0 Å². The quantitative estimate of drug-likeness (QED) is 0.757. The molecule has 1 aliphatic heterocycles. The van der Waals surface area contributed by atoms with Gasteiger partial charge in [0.2, 0.25) is 17.6 Å². The van der Waals surface area contributed by atoms with Gasteiger partial charge in [-0.15, -0.1) is 0 Å². The maximum absolute atomic E-state index is 12.5. The Balaban J connectivity index is 1.29. The molecule has 28 heavy (non-hydrogen) atoms. The monoisotopic (exact) mass is 402 g/mol. The standard InChI is InChI=1S/C21H30N4O2S/c26-18(7-8-19-23-20(24-27-19)17-9-14-28-15-17)22-16-21(10-3-1-4-11-21)25-12-5-2-6-13-25/h9,14-15H,1-8,10-13,16H2,(H,22,26). The minimum absolute atomic E-state index is 0.0808. The second-order valence-electron chi connectivity index (χ2n) is 8.13. The minimum Gasteiger partial charge on any atom is -0.354 e. The van der Waals surface area contributed by atoms with Gasteiger partial charge in [-0.3, -0.25) is 9.69 Å². The van der Waals surface area contributed by atoms with Gasteiger partial charge in [0.05, 0.1) is 0 Å². The summed E-state index contributed by atoms with van der Waals surface area (Å²) in [6, 6.07) is 1.97. The predicted octanol–water partition coefficient (Wildman–Crippen LogP) is 4.04. The molecule has 3 heterocycles. The molecule has 1 aliphatic carbocycles. The minimum atomic E-state index is 0.0808. The molecule has 152 valence electrons. The summed E-state index contributed by atoms with van der Waals surface area (Å²) in [6.45, 7) is 3.14. The molecule has 1 saturated carbocycles. The van der Waals surface area contributed by atoms with Crippen molar-refractivity contribution in [3.05, 3.63) is 22.7 Å². The van der Waals surface area contributed by atoms with E-state index in [2.05, 4.69) is 20.4 Å². The van der Waals surface area contributed by atoms with Crippen molar-refractivity contribution >= 4 is 17.2 Å². The normalized spacial score (nSPS) is 20.1. The van der Waals surface area contributed by atoms with E-state index in [1.807, 2.05) is 16.8 Å². The molecule has 0 radical (unpaired) electrons. The molecule has 0 atom stereocenters. The SMILES string of the molecule is O=C(CCc1nc(-c2ccsc2)no1)NCC1(N2CCCCC2)CCCCC1. The lowest BCUT2D eigenvalue weighted by Crippen LogP contribution is -2.58. The molecule has 0 spiro atoms. The summed E-state index contributed by atoms with van der Waals surface area (Å²) in [5, 5.41) is 11.2. The lowest BCUT2D eigenvalue weighted by atomic mass is 9.79. The van der Waals surface area contributed by atoms with Crippen LogP contribution < -0.4 is 5.32 Å². The Morgan fingerprint density at radius 2 is 1.96 bits per heavy atom. The first-order chi connectivity index (χ1) is 13.8. The van der Waals surface area contributed by atoms with Crippen molar-refractivity contribution in [1.82, 2.24) is 20.4 Å². The van der Waals surface area contributed by atoms with Crippen LogP contribution in [0.2, 0.25) is 0 Å². The van der Waals surface area contributed by atoms with Gasteiger partial charge in [0, 0.05) is 35.9 Å². The summed E-state index contributed by atoms with van der Waals surface area (Å²) < 4.78 is 5.30. The molecule has 0 aromatic carbocycles. The molecule has 2 aliphatic rings. The number of amides is 1. The number of hydrogen-bond donors (Lipinski definition) is 1. The summed E-state index contributed by atoms with van der Waals surface area (Å²) in [4.78, 5) is 19.6. The Morgan fingerprint density at radius 1 is 1.18 bits per heavy atom. The van der Waals surface area contributed by atoms with Crippen LogP contribution in [0.1, 0.15) is 63.7 Å². The average molecular weight is 403 g/mol. The highest BCUT2D eigenvalue weighted by atomic mass is 32.1. The summed E-state index contributed by atoms with van der Waals surface area (Å²) in [5.74, 6) is 1.21. The molecular weight excluding hydrogens is 372 g/mol. The van der Waals surface area contributed by atoms with E-state index in [9.17, 15) is 4.79 Å². The van der Waals surface area contributed by atoms with Gasteiger partial charge in [-0.25, -0.2) is 0 Å². The molecular formula is C21H30N4O2S. The number of aryl methyl sites for hydroxylation is 1. The van der Waals surface area contributed by atoms with Crippen LogP contribution in [0.5, 0.6) is 0 Å². The molecule has 1 saturated heterocycles. The van der Waals surface area contributed by atoms with E-state index >= 15 is 0 Å². The largest absolute Gasteiger partial charge is 0.354 e. The van der Waals surface area contributed by atoms with Crippen molar-refractivity contribution in [2.75, 3.05) is 19.6 Å². The first-order valence-electron chi connectivity index (χ1n) is 10.6. The molecule has 0 bridgehead atoms. The maximum Gasteiger partial charge on any atom is 0.227 e. The Hall–Kier alpha value is -1.73. The Kier molecular flexibility index (Phi) is 6.42. The molecule has 1 N–H and O–H groups in total. The highest BCUT2D eigenvalue weighted by molar-refractivity contribution is 7.08. The number of nitrogens with zero attached hydrogens (tertiary/aromatic N) is 3. The summed E-state index contributed by atoms with van der Waals surface area (Å²) in [5.41, 5.74) is 1.13. The molecule has 1 amide bonds. The van der Waals surface area contributed by atoms with Gasteiger partial charge in [0.1, 0.15) is 0 Å². The van der Waals surface area contributed by atoms with Crippen molar-refractivity contribution in [3.8, 4) is 11.4 Å². The Labute approximate surface area is 170 Å². The fraction of sp³-hybridized carbons (Fsp3) is 0.667. The fourth-order valence-corrected chi connectivity index (χ4v) is 5.25. The van der Waals surface area contributed by atoms with Gasteiger partial charge in [-0.1, -0.05) is 30.8 Å². The van der Waals surface area contributed by atoms with Crippen molar-refractivity contribution in [1.29, 1.82) is 0 Å². The third kappa shape index (κ3) is 4.63. The predicted molar refractivity (Wildman–Crippen MR) is 110 cm³/mol. The van der Waals surface area contributed by atoms with Crippen LogP contribution in [0.15, 0.2) is 21.3 Å². The number of nitrogens with one attached hydrogen (secondary N) is 1. The fourth-order valence-electron chi connectivity index (χ4n) is 4.62. The number of rotatable bonds is 7. The molecule has 2 aromatic rings. The third-order valence-electron chi connectivity index (χ3n) is 6.24. The van der Waals surface area contributed by atoms with Crippen molar-refractivity contribution < 1.29 is 9.32 Å². The number of carbonyl (C=O) groups excluding carboxylic acids is 1. The number of piperidine rings is 1. The van der Waals surface area contributed by atoms with Gasteiger partial charge in [0.25, 0.3) is 0 Å². The van der Waals surface area contributed by atoms with Gasteiger partial charge in [-0.2, -0.15) is 16.3 Å². The molecule has 2 aromatic heterocycles. The van der Waals surface area contributed by atoms with Crippen LogP contribution in [-0.2, 0) is 11.2 Å². The van der Waals surface area contributed by atoms with Crippen molar-refractivity contribution in [2.45, 2.75) is 69.7 Å². The van der Waals surface area contributed by atoms with E-state index < -0.39 is 0 Å². The number of thiophene rings is 1. The third-order valence-corrected chi connectivity index (χ3v) is 6.92. The van der Waals surface area contributed by atoms with E-state index in [1.165, 1.54) is 64.5 Å². The molecule has 0 unspecified atom stereocenters. The van der Waals surface area contributed by atoms with Crippen molar-refractivity contribution in [3.63, 3.8) is 0 Å². The molecule has 7 heteroatoms. The summed E-state index contributed by atoms with van der Waals surface area (Å²) >= 11 is 1.60. The zero-order chi connectivity index (χ0) is 19.2. The van der Waals surface area contributed by atoms with E-state index in [1.54, 1.807) is 11.3 Å². The topological polar surface area (TPSA) is 71.3 Å². The average Bonchev–Trinajstić information content (AvgIpc) is 3.44. The Bertz CT molecular complexity index is 746. The van der Waals surface area contributed by atoms with Gasteiger partial charge < -0.3 is 9.84 Å². The van der Waals surface area contributed by atoms with E-state index in [0.717, 1.165) is 12.1 Å². The van der Waals surface area contributed by atoms with E-state index in [4.69, 9.17) is 4.52 Å². The summed E-state index contributed by atoms with van der Waals surface area (Å²) in [6.07, 6.45) is 11.1. The highest BCUT2D eigenvalue weighted by Gasteiger charge is 2.38. The number of hydrogen-bond acceptors (Lipinski definition) is 6. The van der Waals surface area contributed by atoms with E-state index in [0.29, 0.717) is 24.6 Å². The first-order valence-corrected chi connectivity index (χ1v) is 11.6. The highest BCUT2D eigenvalue weighted by Crippen LogP contribution is 2.35. The second-order valence-corrected chi connectivity index (χ2v) is 8.91. The van der Waals surface area contributed by atoms with E-state index in [-0.39, 0.29) is 11.4 Å². The number of likely N-dealkylation sites (tertiary alicyclic amines) is 1. The van der Waals surface area contributed by atoms with Crippen LogP contribution in [0.3, 0.4) is 0 Å². The van der Waals surface area contributed by atoms with Crippen LogP contribution in [0.25, 0.3) is 11.4 Å². The van der Waals surface area contributed by atoms with Gasteiger partial charge >= 0.3 is 0 Å². The van der Waals surface area contributed by atoms with Gasteiger partial charge in [0.15, 0.2) is 0 Å². The Morgan fingerprint density at radius 3 is 2.71 bits per heavy atom. The van der Waals surface area contributed by atoms with Crippen LogP contribution in [0.4, 0.5) is 0 Å². The number of aromatic nitrogens is 2. The number of carbonyl (C=O) groups is 1. The first kappa shape index (κ1) is 19.6. The zero-order valence-electron chi connectivity index (χ0n) is 16.5. The molecule has 6 nitrogen and oxygen atoms in total. The van der Waals surface area contributed by atoms with Crippen LogP contribution >= 0.6 is 11.3 Å². The smallest absolute Gasteiger partial charge is 0.227 e. The van der Waals surface area contributed by atoms with Gasteiger partial charge in [-0.05, 0) is 50.2 Å². The lowest BCUT2D eigenvalue weighted by Gasteiger charge is -2.48. The lowest BCUT2D eigenvalue weighted by molar-refractivity contribution is -0.122.